The van der Waals surface area contributed by atoms with E-state index in [-0.39, 0.29) is 5.41 Å². The van der Waals surface area contributed by atoms with Crippen LogP contribution in [0.5, 0.6) is 0 Å². The summed E-state index contributed by atoms with van der Waals surface area (Å²) in [5, 5.41) is 11.2. The molecular weight excluding hydrogens is 220 g/mol. The standard InChI is InChI=1S/C17H30O/c1-5-17(18,6-2)16-9-13-7-14(3,11-16)10-15(4,8-13)12-16/h13,18H,5-12H2,1-4H3. The molecule has 4 fully saturated rings. The monoisotopic (exact) mass is 250 g/mol. The van der Waals surface area contributed by atoms with Crippen LogP contribution < -0.4 is 0 Å². The van der Waals surface area contributed by atoms with Gasteiger partial charge in [-0.15, -0.1) is 0 Å². The Bertz CT molecular complexity index is 337. The molecule has 4 aliphatic carbocycles. The van der Waals surface area contributed by atoms with Crippen molar-refractivity contribution in [1.82, 2.24) is 0 Å². The molecule has 0 radical (unpaired) electrons. The first kappa shape index (κ1) is 13.0. The molecule has 1 nitrogen and oxygen atoms in total. The van der Waals surface area contributed by atoms with E-state index in [9.17, 15) is 5.11 Å². The highest BCUT2D eigenvalue weighted by Gasteiger charge is 2.65. The maximum atomic E-state index is 11.2. The van der Waals surface area contributed by atoms with Crippen molar-refractivity contribution in [2.75, 3.05) is 0 Å². The SMILES string of the molecule is CCC(O)(CC)C12CC3CC(C)(CC(C)(C3)C1)C2. The molecule has 0 aliphatic heterocycles. The molecule has 4 rings (SSSR count). The van der Waals surface area contributed by atoms with Crippen molar-refractivity contribution >= 4 is 0 Å². The van der Waals surface area contributed by atoms with E-state index in [2.05, 4.69) is 27.7 Å². The van der Waals surface area contributed by atoms with Gasteiger partial charge in [-0.1, -0.05) is 27.7 Å². The van der Waals surface area contributed by atoms with E-state index in [4.69, 9.17) is 0 Å². The fourth-order valence-corrected chi connectivity index (χ4v) is 6.97. The second kappa shape index (κ2) is 3.53. The number of hydrogen-bond donors (Lipinski definition) is 1. The van der Waals surface area contributed by atoms with Crippen LogP contribution in [0.4, 0.5) is 0 Å². The largest absolute Gasteiger partial charge is 0.389 e. The van der Waals surface area contributed by atoms with Gasteiger partial charge in [0.15, 0.2) is 0 Å². The van der Waals surface area contributed by atoms with Gasteiger partial charge in [0.05, 0.1) is 5.60 Å². The minimum Gasteiger partial charge on any atom is -0.389 e. The average Bonchev–Trinajstić information content (AvgIpc) is 2.22. The number of aliphatic hydroxyl groups is 1. The molecule has 0 heterocycles. The van der Waals surface area contributed by atoms with Crippen LogP contribution in [0, 0.1) is 22.2 Å². The molecule has 2 unspecified atom stereocenters. The van der Waals surface area contributed by atoms with E-state index >= 15 is 0 Å². The summed E-state index contributed by atoms with van der Waals surface area (Å²) in [5.74, 6) is 0.890. The molecule has 4 bridgehead atoms. The van der Waals surface area contributed by atoms with Gasteiger partial charge in [-0.25, -0.2) is 0 Å². The number of hydrogen-bond acceptors (Lipinski definition) is 1. The van der Waals surface area contributed by atoms with Gasteiger partial charge >= 0.3 is 0 Å². The van der Waals surface area contributed by atoms with E-state index in [1.54, 1.807) is 0 Å². The van der Waals surface area contributed by atoms with E-state index in [1.165, 1.54) is 38.5 Å². The van der Waals surface area contributed by atoms with Crippen molar-refractivity contribution in [1.29, 1.82) is 0 Å². The fourth-order valence-electron chi connectivity index (χ4n) is 6.97. The summed E-state index contributed by atoms with van der Waals surface area (Å²) in [6.07, 6.45) is 9.99. The normalized spacial score (nSPS) is 50.8. The van der Waals surface area contributed by atoms with Crippen molar-refractivity contribution in [3.63, 3.8) is 0 Å². The van der Waals surface area contributed by atoms with Gasteiger partial charge < -0.3 is 5.11 Å². The highest BCUT2D eigenvalue weighted by molar-refractivity contribution is 5.15. The van der Waals surface area contributed by atoms with Crippen LogP contribution in [0.25, 0.3) is 0 Å². The van der Waals surface area contributed by atoms with Crippen LogP contribution in [0.2, 0.25) is 0 Å². The molecule has 18 heavy (non-hydrogen) atoms. The molecule has 0 amide bonds. The smallest absolute Gasteiger partial charge is 0.0699 e. The quantitative estimate of drug-likeness (QED) is 0.780. The first-order valence-electron chi connectivity index (χ1n) is 8.00. The van der Waals surface area contributed by atoms with E-state index < -0.39 is 5.60 Å². The molecule has 1 N–H and O–H groups in total. The van der Waals surface area contributed by atoms with E-state index in [1.807, 2.05) is 0 Å². The lowest BCUT2D eigenvalue weighted by molar-refractivity contribution is -0.227. The molecule has 2 atom stereocenters. The Morgan fingerprint density at radius 1 is 0.944 bits per heavy atom. The second-order valence-corrected chi connectivity index (χ2v) is 8.65. The molecule has 0 spiro atoms. The Kier molecular flexibility index (Phi) is 2.55. The van der Waals surface area contributed by atoms with E-state index in [0.29, 0.717) is 10.8 Å². The van der Waals surface area contributed by atoms with E-state index in [0.717, 1.165) is 18.8 Å². The molecular formula is C17H30O. The molecule has 4 saturated carbocycles. The van der Waals surface area contributed by atoms with Gasteiger partial charge in [0.2, 0.25) is 0 Å². The predicted molar refractivity (Wildman–Crippen MR) is 75.4 cm³/mol. The third kappa shape index (κ3) is 1.55. The second-order valence-electron chi connectivity index (χ2n) is 8.65. The highest BCUT2D eigenvalue weighted by Crippen LogP contribution is 2.72. The Balaban J connectivity index is 2.03. The van der Waals surface area contributed by atoms with Crippen LogP contribution >= 0.6 is 0 Å². The summed E-state index contributed by atoms with van der Waals surface area (Å²) in [4.78, 5) is 0. The Morgan fingerprint density at radius 2 is 1.44 bits per heavy atom. The molecule has 1 heteroatoms. The van der Waals surface area contributed by atoms with Gasteiger partial charge in [-0.2, -0.15) is 0 Å². The summed E-state index contributed by atoms with van der Waals surface area (Å²) in [7, 11) is 0. The predicted octanol–water partition coefficient (Wildman–Crippen LogP) is 4.53. The maximum absolute atomic E-state index is 11.2. The first-order chi connectivity index (χ1) is 8.28. The minimum absolute atomic E-state index is 0.236. The van der Waals surface area contributed by atoms with Crippen LogP contribution in [0.1, 0.15) is 79.1 Å². The third-order valence-electron chi connectivity index (χ3n) is 6.78. The lowest BCUT2D eigenvalue weighted by Crippen LogP contribution is -2.63. The third-order valence-corrected chi connectivity index (χ3v) is 6.78. The molecule has 0 aromatic rings. The Hall–Kier alpha value is -0.0400. The molecule has 0 saturated heterocycles. The van der Waals surface area contributed by atoms with Crippen molar-refractivity contribution in [2.24, 2.45) is 22.2 Å². The van der Waals surface area contributed by atoms with Crippen molar-refractivity contribution in [3.8, 4) is 0 Å². The summed E-state index contributed by atoms with van der Waals surface area (Å²) in [6, 6.07) is 0. The summed E-state index contributed by atoms with van der Waals surface area (Å²) >= 11 is 0. The van der Waals surface area contributed by atoms with Crippen LogP contribution in [0.15, 0.2) is 0 Å². The fraction of sp³-hybridized carbons (Fsp3) is 1.00. The molecule has 104 valence electrons. The maximum Gasteiger partial charge on any atom is 0.0699 e. The zero-order valence-corrected chi connectivity index (χ0v) is 12.7. The molecule has 0 aromatic heterocycles. The first-order valence-corrected chi connectivity index (χ1v) is 8.00. The topological polar surface area (TPSA) is 20.2 Å². The summed E-state index contributed by atoms with van der Waals surface area (Å²) < 4.78 is 0. The minimum atomic E-state index is -0.408. The van der Waals surface area contributed by atoms with Gasteiger partial charge in [0.25, 0.3) is 0 Å². The average molecular weight is 250 g/mol. The highest BCUT2D eigenvalue weighted by atomic mass is 16.3. The lowest BCUT2D eigenvalue weighted by atomic mass is 9.37. The van der Waals surface area contributed by atoms with Crippen LogP contribution in [0.3, 0.4) is 0 Å². The molecule has 0 aromatic carbocycles. The van der Waals surface area contributed by atoms with Crippen LogP contribution in [-0.2, 0) is 0 Å². The van der Waals surface area contributed by atoms with Crippen molar-refractivity contribution in [2.45, 2.75) is 84.7 Å². The van der Waals surface area contributed by atoms with Gasteiger partial charge in [-0.3, -0.25) is 0 Å². The molecule has 4 aliphatic rings. The zero-order valence-electron chi connectivity index (χ0n) is 12.7. The summed E-state index contributed by atoms with van der Waals surface area (Å²) in [5.41, 5.74) is 0.868. The van der Waals surface area contributed by atoms with Crippen molar-refractivity contribution < 1.29 is 5.11 Å². The van der Waals surface area contributed by atoms with Gasteiger partial charge in [0.1, 0.15) is 0 Å². The lowest BCUT2D eigenvalue weighted by Gasteiger charge is -2.69. The Labute approximate surface area is 112 Å². The van der Waals surface area contributed by atoms with Crippen molar-refractivity contribution in [3.05, 3.63) is 0 Å². The Morgan fingerprint density at radius 3 is 1.83 bits per heavy atom. The van der Waals surface area contributed by atoms with Gasteiger partial charge in [0, 0.05) is 5.41 Å². The zero-order chi connectivity index (χ0) is 13.2. The summed E-state index contributed by atoms with van der Waals surface area (Å²) in [6.45, 7) is 9.37. The number of rotatable bonds is 3. The van der Waals surface area contributed by atoms with Gasteiger partial charge in [-0.05, 0) is 68.1 Å². The van der Waals surface area contributed by atoms with Crippen LogP contribution in [-0.4, -0.2) is 10.7 Å².